The third-order valence-electron chi connectivity index (χ3n) is 11.8. The molecule has 19 heteroatoms. The Morgan fingerprint density at radius 2 is 1.69 bits per heavy atom. The maximum Gasteiger partial charge on any atom is 0.253 e. The Kier molecular flexibility index (Phi) is 14.0. The summed E-state index contributed by atoms with van der Waals surface area (Å²) in [5, 5.41) is 18.7. The van der Waals surface area contributed by atoms with Crippen LogP contribution in [0.25, 0.3) is 0 Å². The van der Waals surface area contributed by atoms with Crippen LogP contribution in [0.4, 0.5) is 33.2 Å². The highest BCUT2D eigenvalue weighted by atomic mass is 79.9. The monoisotopic (exact) mass is 987 g/mol. The van der Waals surface area contributed by atoms with E-state index in [4.69, 9.17) is 26.8 Å². The minimum Gasteiger partial charge on any atom is -0.489 e. The third-order valence-corrected chi connectivity index (χ3v) is 14.2. The topological polar surface area (TPSA) is 214 Å². The van der Waals surface area contributed by atoms with Crippen LogP contribution >= 0.6 is 27.5 Å². The van der Waals surface area contributed by atoms with Crippen molar-refractivity contribution in [3.05, 3.63) is 123 Å². The predicted molar refractivity (Wildman–Crippen MR) is 250 cm³/mol. The second kappa shape index (κ2) is 19.3. The summed E-state index contributed by atoms with van der Waals surface area (Å²) in [4.78, 5) is 36.2. The number of carbonyl (C=O) groups excluding carboxylic acids is 2. The molecule has 4 aromatic carbocycles. The van der Waals surface area contributed by atoms with Crippen molar-refractivity contribution in [3.8, 4) is 11.8 Å². The number of rotatable bonds is 16. The third kappa shape index (κ3) is 10.5. The maximum absolute atomic E-state index is 14.3. The zero-order valence-corrected chi connectivity index (χ0v) is 39.2. The van der Waals surface area contributed by atoms with Crippen LogP contribution in [-0.2, 0) is 14.8 Å². The summed E-state index contributed by atoms with van der Waals surface area (Å²) in [5.41, 5.74) is 6.85. The number of benzene rings is 4. The van der Waals surface area contributed by atoms with Crippen LogP contribution in [-0.4, -0.2) is 74.7 Å². The van der Waals surface area contributed by atoms with Gasteiger partial charge in [0, 0.05) is 65.7 Å². The molecule has 0 unspecified atom stereocenters. The van der Waals surface area contributed by atoms with E-state index in [-0.39, 0.29) is 76.1 Å². The van der Waals surface area contributed by atoms with Crippen LogP contribution < -0.4 is 36.0 Å². The van der Waals surface area contributed by atoms with Crippen molar-refractivity contribution in [3.63, 3.8) is 0 Å². The summed E-state index contributed by atoms with van der Waals surface area (Å²) in [7, 11) is -3.83. The van der Waals surface area contributed by atoms with E-state index in [1.165, 1.54) is 30.5 Å². The number of hydrogen-bond acceptors (Lipinski definition) is 12. The number of nitrogens with two attached hydrogens (primary N) is 1. The van der Waals surface area contributed by atoms with Crippen LogP contribution in [0, 0.1) is 28.0 Å². The molecular weight excluding hydrogens is 941 g/mol. The number of anilines is 5. The van der Waals surface area contributed by atoms with Gasteiger partial charge >= 0.3 is 0 Å². The van der Waals surface area contributed by atoms with E-state index in [0.29, 0.717) is 32.1 Å². The van der Waals surface area contributed by atoms with Gasteiger partial charge in [-0.05, 0) is 102 Å². The second-order valence-corrected chi connectivity index (χ2v) is 20.0. The molecule has 2 fully saturated rings. The van der Waals surface area contributed by atoms with Gasteiger partial charge in [-0.2, -0.15) is 10.2 Å². The van der Waals surface area contributed by atoms with Gasteiger partial charge in [-0.1, -0.05) is 45.4 Å². The Labute approximate surface area is 390 Å². The van der Waals surface area contributed by atoms with Gasteiger partial charge in [0.1, 0.15) is 29.6 Å². The largest absolute Gasteiger partial charge is 0.489 e. The molecule has 1 aromatic heterocycles. The van der Waals surface area contributed by atoms with Gasteiger partial charge in [-0.15, -0.1) is 0 Å². The van der Waals surface area contributed by atoms with Gasteiger partial charge in [-0.25, -0.2) is 22.5 Å². The molecule has 2 aliphatic rings. The molecule has 7 rings (SSSR count). The first-order valence-electron chi connectivity index (χ1n) is 20.8. The number of nitrogens with zero attached hydrogens (tertiary/aromatic N) is 4. The lowest BCUT2D eigenvalue weighted by atomic mass is 9.49. The number of hydrogen-bond donors (Lipinski definition) is 5. The van der Waals surface area contributed by atoms with Crippen molar-refractivity contribution in [2.24, 2.45) is 16.6 Å². The number of amides is 2. The number of nitriles is 1. The Bertz CT molecular complexity index is 2720. The normalized spacial score (nSPS) is 17.9. The minimum atomic E-state index is -3.83. The SMILES string of the molecule is CC1(C)C(NC(=O)c2ccc(N3CCC(OCCNS(=O)(=O)c4ccc(Nc5ncc(Br)c(Nc6cccc(F)c6C(N)=O)n5)cc4)CC3)cc2)C(C)(C)C1Oc1ccc(C#N)c(Cl)c1. The molecule has 0 radical (unpaired) electrons. The van der Waals surface area contributed by atoms with E-state index in [2.05, 4.69) is 85.2 Å². The summed E-state index contributed by atoms with van der Waals surface area (Å²) in [6.45, 7) is 10.0. The summed E-state index contributed by atoms with van der Waals surface area (Å²) >= 11 is 9.58. The van der Waals surface area contributed by atoms with Gasteiger partial charge in [0.25, 0.3) is 11.8 Å². The Morgan fingerprint density at radius 3 is 2.34 bits per heavy atom. The van der Waals surface area contributed by atoms with Crippen LogP contribution in [0.5, 0.6) is 5.75 Å². The fraction of sp³-hybridized carbons (Fsp3) is 0.326. The molecule has 0 atom stereocenters. The summed E-state index contributed by atoms with van der Waals surface area (Å²) in [6, 6.07) is 24.6. The number of primary amides is 1. The number of nitrogens with one attached hydrogen (secondary N) is 4. The van der Waals surface area contributed by atoms with E-state index < -0.39 is 21.7 Å². The van der Waals surface area contributed by atoms with Gasteiger partial charge in [-0.3, -0.25) is 9.59 Å². The molecular formula is C46H48BrClFN9O6S. The van der Waals surface area contributed by atoms with Crippen molar-refractivity contribution in [2.75, 3.05) is 41.8 Å². The second-order valence-electron chi connectivity index (χ2n) is 17.0. The predicted octanol–water partition coefficient (Wildman–Crippen LogP) is 8.07. The molecule has 6 N–H and O–H groups in total. The quantitative estimate of drug-likeness (QED) is 0.0594. The van der Waals surface area contributed by atoms with Crippen molar-refractivity contribution in [2.45, 2.75) is 63.7 Å². The molecule has 0 bridgehead atoms. The van der Waals surface area contributed by atoms with Gasteiger partial charge in [0.15, 0.2) is 0 Å². The number of halogens is 3. The first kappa shape index (κ1) is 47.1. The molecule has 2 heterocycles. The Balaban J connectivity index is 0.835. The first-order chi connectivity index (χ1) is 30.9. The standard InChI is InChI=1S/C46H48BrClFN9O6S/c1-45(2)42(46(3,4)43(45)64-32-15-10-28(25-50)35(48)24-32)57-41(60)27-8-13-30(14-9-27)58-21-18-31(19-22-58)63-23-20-53-65(61,62)33-16-11-29(12-17-33)54-44-52-26-34(47)40(56-44)55-37-7-5-6-36(49)38(37)39(51)59/h5-17,24,26,31,42-43,53H,18-23H2,1-4H3,(H2,51,59)(H,57,60)(H2,52,54,55,56). The Hall–Kier alpha value is -5.84. The lowest BCUT2D eigenvalue weighted by Gasteiger charge is -2.63. The lowest BCUT2D eigenvalue weighted by molar-refractivity contribution is -0.164. The smallest absolute Gasteiger partial charge is 0.253 e. The molecule has 1 aliphatic heterocycles. The van der Waals surface area contributed by atoms with Crippen molar-refractivity contribution in [1.29, 1.82) is 5.26 Å². The zero-order valence-electron chi connectivity index (χ0n) is 36.0. The van der Waals surface area contributed by atoms with Crippen LogP contribution in [0.15, 0.2) is 100 Å². The zero-order chi connectivity index (χ0) is 46.7. The first-order valence-corrected chi connectivity index (χ1v) is 23.4. The molecule has 15 nitrogen and oxygen atoms in total. The van der Waals surface area contributed by atoms with E-state index in [0.717, 1.165) is 37.7 Å². The number of carbonyl (C=O) groups is 2. The summed E-state index contributed by atoms with van der Waals surface area (Å²) in [6.07, 6.45) is 2.73. The highest BCUT2D eigenvalue weighted by Gasteiger charge is 2.64. The summed E-state index contributed by atoms with van der Waals surface area (Å²) < 4.78 is 55.9. The molecule has 1 aliphatic carbocycles. The van der Waals surface area contributed by atoms with Crippen molar-refractivity contribution < 1.29 is 31.9 Å². The van der Waals surface area contributed by atoms with E-state index in [1.807, 2.05) is 24.3 Å². The minimum absolute atomic E-state index is 0.0299. The fourth-order valence-electron chi connectivity index (χ4n) is 8.77. The highest BCUT2D eigenvalue weighted by molar-refractivity contribution is 9.10. The maximum atomic E-state index is 14.3. The van der Waals surface area contributed by atoms with E-state index >= 15 is 0 Å². The van der Waals surface area contributed by atoms with Gasteiger partial charge in [0.05, 0.1) is 43.9 Å². The molecule has 0 spiro atoms. The number of sulfonamides is 1. The highest BCUT2D eigenvalue weighted by Crippen LogP contribution is 2.55. The average molecular weight is 989 g/mol. The van der Waals surface area contributed by atoms with Crippen molar-refractivity contribution in [1.82, 2.24) is 20.0 Å². The lowest BCUT2D eigenvalue weighted by Crippen LogP contribution is -2.74. The Morgan fingerprint density at radius 1 is 1.00 bits per heavy atom. The van der Waals surface area contributed by atoms with Crippen LogP contribution in [0.3, 0.4) is 0 Å². The molecule has 5 aromatic rings. The molecule has 65 heavy (non-hydrogen) atoms. The fourth-order valence-corrected chi connectivity index (χ4v) is 10.3. The number of piperidine rings is 1. The van der Waals surface area contributed by atoms with Gasteiger partial charge < -0.3 is 36.1 Å². The van der Waals surface area contributed by atoms with Crippen LogP contribution in [0.2, 0.25) is 5.02 Å². The van der Waals surface area contributed by atoms with Crippen LogP contribution in [0.1, 0.15) is 66.8 Å². The number of aromatic nitrogens is 2. The van der Waals surface area contributed by atoms with Gasteiger partial charge in [0.2, 0.25) is 16.0 Å². The van der Waals surface area contributed by atoms with E-state index in [9.17, 15) is 27.7 Å². The molecule has 1 saturated carbocycles. The summed E-state index contributed by atoms with van der Waals surface area (Å²) in [5.74, 6) is -0.928. The van der Waals surface area contributed by atoms with E-state index in [1.54, 1.807) is 30.3 Å². The molecule has 2 amide bonds. The van der Waals surface area contributed by atoms with Crippen molar-refractivity contribution >= 4 is 78.2 Å². The molecule has 1 saturated heterocycles. The average Bonchev–Trinajstić information content (AvgIpc) is 3.27. The molecule has 340 valence electrons. The number of ether oxygens (including phenoxy) is 2.